The number of hydrogen-bond donors (Lipinski definition) is 0. The van der Waals surface area contributed by atoms with Crippen LogP contribution in [-0.4, -0.2) is 16.4 Å². The zero-order valence-corrected chi connectivity index (χ0v) is 4.18. The van der Waals surface area contributed by atoms with Gasteiger partial charge in [-0.05, 0) is 0 Å². The standard InChI is InChI=1S/ClH.Fe.3H2O/h1H;;3*1H2. The molecular formula is H7ClFeO3. The summed E-state index contributed by atoms with van der Waals surface area (Å²) in [4.78, 5) is 0. The van der Waals surface area contributed by atoms with Crippen molar-refractivity contribution in [3.05, 3.63) is 0 Å². The molecule has 0 aromatic carbocycles. The van der Waals surface area contributed by atoms with Gasteiger partial charge in [0.05, 0.1) is 0 Å². The van der Waals surface area contributed by atoms with E-state index in [1.54, 1.807) is 0 Å². The molecular weight excluding hydrogens is 139 g/mol. The molecule has 0 aromatic rings. The first-order valence-corrected chi connectivity index (χ1v) is 0. The largest absolute Gasteiger partial charge is 0.412 e. The van der Waals surface area contributed by atoms with Crippen molar-refractivity contribution in [2.75, 3.05) is 0 Å². The molecule has 0 aliphatic rings. The Balaban J connectivity index is 0. The Morgan fingerprint density at radius 2 is 0.600 bits per heavy atom. The van der Waals surface area contributed by atoms with E-state index < -0.39 is 0 Å². The molecule has 0 aliphatic heterocycles. The smallest absolute Gasteiger partial charge is 0 e. The molecule has 0 aromatic heterocycles. The van der Waals surface area contributed by atoms with Gasteiger partial charge in [-0.2, -0.15) is 0 Å². The van der Waals surface area contributed by atoms with Gasteiger partial charge in [-0.15, -0.1) is 12.4 Å². The van der Waals surface area contributed by atoms with Crippen molar-refractivity contribution < 1.29 is 33.5 Å². The van der Waals surface area contributed by atoms with Gasteiger partial charge in [0.15, 0.2) is 0 Å². The first-order chi connectivity index (χ1) is 0. The van der Waals surface area contributed by atoms with Crippen LogP contribution in [0.3, 0.4) is 0 Å². The molecule has 0 aliphatic carbocycles. The van der Waals surface area contributed by atoms with Gasteiger partial charge in [-0.3, -0.25) is 0 Å². The molecule has 0 atom stereocenters. The third-order valence-corrected chi connectivity index (χ3v) is 0. The summed E-state index contributed by atoms with van der Waals surface area (Å²) < 4.78 is 0. The number of rotatable bonds is 0. The van der Waals surface area contributed by atoms with E-state index in [1.165, 1.54) is 0 Å². The monoisotopic (exact) mass is 146 g/mol. The van der Waals surface area contributed by atoms with Crippen LogP contribution in [0.5, 0.6) is 0 Å². The zero-order chi connectivity index (χ0) is 0. The molecule has 0 rings (SSSR count). The van der Waals surface area contributed by atoms with E-state index in [-0.39, 0.29) is 45.9 Å². The summed E-state index contributed by atoms with van der Waals surface area (Å²) in [6.07, 6.45) is 0. The maximum atomic E-state index is 0. The van der Waals surface area contributed by atoms with Crippen LogP contribution < -0.4 is 0 Å². The maximum absolute atomic E-state index is 0. The Kier molecular flexibility index (Phi) is 7070. The van der Waals surface area contributed by atoms with Crippen LogP contribution in [0.4, 0.5) is 0 Å². The summed E-state index contributed by atoms with van der Waals surface area (Å²) in [5.74, 6) is 0. The zero-order valence-electron chi connectivity index (χ0n) is 2.26. The molecule has 0 saturated heterocycles. The molecule has 6 N–H and O–H groups in total. The average molecular weight is 146 g/mol. The predicted molar refractivity (Wildman–Crippen MR) is 18.1 cm³/mol. The van der Waals surface area contributed by atoms with E-state index in [0.717, 1.165) is 0 Å². The molecule has 0 radical (unpaired) electrons. The number of halogens is 1. The Labute approximate surface area is 46.6 Å². The van der Waals surface area contributed by atoms with E-state index in [2.05, 4.69) is 0 Å². The summed E-state index contributed by atoms with van der Waals surface area (Å²) in [5.41, 5.74) is 0. The topological polar surface area (TPSA) is 94.5 Å². The fourth-order valence-corrected chi connectivity index (χ4v) is 0. The van der Waals surface area contributed by atoms with E-state index in [0.29, 0.717) is 0 Å². The molecule has 0 heterocycles. The summed E-state index contributed by atoms with van der Waals surface area (Å²) in [6, 6.07) is 0. The molecule has 40 valence electrons. The predicted octanol–water partition coefficient (Wildman–Crippen LogP) is -2.05. The Bertz CT molecular complexity index is 6.85. The second-order valence-electron chi connectivity index (χ2n) is 0. The number of hydrogen-bond acceptors (Lipinski definition) is 0. The molecule has 5 heavy (non-hydrogen) atoms. The summed E-state index contributed by atoms with van der Waals surface area (Å²) in [7, 11) is 0. The van der Waals surface area contributed by atoms with Gasteiger partial charge in [-0.1, -0.05) is 0 Å². The minimum absolute atomic E-state index is 0. The normalized spacial score (nSPS) is 0. The quantitative estimate of drug-likeness (QED) is 0.352. The second kappa shape index (κ2) is 134. The van der Waals surface area contributed by atoms with Crippen LogP contribution in [0.15, 0.2) is 0 Å². The van der Waals surface area contributed by atoms with Crippen molar-refractivity contribution >= 4 is 12.4 Å². The molecule has 0 fully saturated rings. The Hall–Kier alpha value is 0.689. The average Bonchev–Trinajstić information content (AvgIpc) is 0. The van der Waals surface area contributed by atoms with Gasteiger partial charge in [0.2, 0.25) is 0 Å². The van der Waals surface area contributed by atoms with Gasteiger partial charge < -0.3 is 16.4 Å². The molecule has 5 heteroatoms. The van der Waals surface area contributed by atoms with Crippen molar-refractivity contribution in [2.45, 2.75) is 0 Å². The molecule has 3 nitrogen and oxygen atoms in total. The molecule has 0 spiro atoms. The third-order valence-electron chi connectivity index (χ3n) is 0. The van der Waals surface area contributed by atoms with E-state index in [1.807, 2.05) is 0 Å². The molecule has 0 unspecified atom stereocenters. The van der Waals surface area contributed by atoms with E-state index in [4.69, 9.17) is 0 Å². The van der Waals surface area contributed by atoms with Crippen molar-refractivity contribution in [2.24, 2.45) is 0 Å². The van der Waals surface area contributed by atoms with Crippen LogP contribution in [0.2, 0.25) is 0 Å². The first-order valence-electron chi connectivity index (χ1n) is 0. The van der Waals surface area contributed by atoms with Gasteiger partial charge >= 0.3 is 0 Å². The molecule has 0 bridgehead atoms. The Morgan fingerprint density at radius 3 is 0.600 bits per heavy atom. The maximum Gasteiger partial charge on any atom is 0 e. The molecule has 0 saturated carbocycles. The fourth-order valence-electron chi connectivity index (χ4n) is 0. The summed E-state index contributed by atoms with van der Waals surface area (Å²) in [6.45, 7) is 0. The molecule has 0 amide bonds. The van der Waals surface area contributed by atoms with Crippen LogP contribution in [0, 0.1) is 0 Å². The van der Waals surface area contributed by atoms with Crippen molar-refractivity contribution in [1.82, 2.24) is 0 Å². The first kappa shape index (κ1) is 263. The van der Waals surface area contributed by atoms with Crippen molar-refractivity contribution in [3.8, 4) is 0 Å². The third kappa shape index (κ3) is 71.4. The minimum Gasteiger partial charge on any atom is -0.412 e. The SMILES string of the molecule is Cl.O.O.O.[Fe]. The van der Waals surface area contributed by atoms with Crippen LogP contribution >= 0.6 is 12.4 Å². The van der Waals surface area contributed by atoms with Crippen molar-refractivity contribution in [1.29, 1.82) is 0 Å². The Morgan fingerprint density at radius 1 is 0.600 bits per heavy atom. The fraction of sp³-hybridized carbons (Fsp3) is 0. The van der Waals surface area contributed by atoms with Crippen LogP contribution in [0.1, 0.15) is 0 Å². The van der Waals surface area contributed by atoms with Gasteiger partial charge in [0.25, 0.3) is 0 Å². The minimum atomic E-state index is 0. The van der Waals surface area contributed by atoms with Gasteiger partial charge in [0, 0.05) is 17.1 Å². The van der Waals surface area contributed by atoms with E-state index >= 15 is 0 Å². The van der Waals surface area contributed by atoms with Crippen LogP contribution in [0.25, 0.3) is 0 Å². The van der Waals surface area contributed by atoms with Crippen molar-refractivity contribution in [3.63, 3.8) is 0 Å². The van der Waals surface area contributed by atoms with E-state index in [9.17, 15) is 0 Å². The summed E-state index contributed by atoms with van der Waals surface area (Å²) >= 11 is 0. The van der Waals surface area contributed by atoms with Gasteiger partial charge in [0.1, 0.15) is 0 Å². The summed E-state index contributed by atoms with van der Waals surface area (Å²) in [5, 5.41) is 0. The van der Waals surface area contributed by atoms with Gasteiger partial charge in [-0.25, -0.2) is 0 Å². The van der Waals surface area contributed by atoms with Crippen LogP contribution in [-0.2, 0) is 17.1 Å². The second-order valence-corrected chi connectivity index (χ2v) is 0.